The summed E-state index contributed by atoms with van der Waals surface area (Å²) in [4.78, 5) is 51.1. The number of carbonyl (C=O) groups is 3. The van der Waals surface area contributed by atoms with Gasteiger partial charge in [-0.2, -0.15) is 5.10 Å². The van der Waals surface area contributed by atoms with Crippen LogP contribution in [-0.2, 0) is 22.6 Å². The van der Waals surface area contributed by atoms with Crippen LogP contribution in [0, 0.1) is 6.92 Å². The SMILES string of the molecule is Cc1nc2n(n1)CCN(C(=O)c1ccc(N(C)C)cc1)CCCC(=O)N1CCCC[C@H]1C(=O)N[C@@H]2Cc1ccccc1. The van der Waals surface area contributed by atoms with Gasteiger partial charge < -0.3 is 20.0 Å². The topological polar surface area (TPSA) is 104 Å². The number of benzene rings is 2. The first-order chi connectivity index (χ1) is 20.3. The monoisotopic (exact) mass is 571 g/mol. The van der Waals surface area contributed by atoms with Crippen LogP contribution in [0.5, 0.6) is 0 Å². The van der Waals surface area contributed by atoms with E-state index in [1.54, 1.807) is 4.90 Å². The Labute approximate surface area is 247 Å². The highest BCUT2D eigenvalue weighted by Crippen LogP contribution is 2.23. The van der Waals surface area contributed by atoms with Crippen molar-refractivity contribution >= 4 is 23.4 Å². The molecule has 0 radical (unpaired) electrons. The molecular formula is C32H41N7O3. The Morgan fingerprint density at radius 1 is 0.952 bits per heavy atom. The minimum atomic E-state index is -0.516. The van der Waals surface area contributed by atoms with Gasteiger partial charge in [0.2, 0.25) is 11.8 Å². The van der Waals surface area contributed by atoms with E-state index in [4.69, 9.17) is 4.98 Å². The highest BCUT2D eigenvalue weighted by atomic mass is 16.2. The number of hydrogen-bond acceptors (Lipinski definition) is 6. The van der Waals surface area contributed by atoms with Gasteiger partial charge >= 0.3 is 0 Å². The van der Waals surface area contributed by atoms with Gasteiger partial charge in [-0.3, -0.25) is 14.4 Å². The molecule has 0 saturated carbocycles. The third kappa shape index (κ3) is 6.80. The van der Waals surface area contributed by atoms with E-state index >= 15 is 0 Å². The summed E-state index contributed by atoms with van der Waals surface area (Å²) in [5, 5.41) is 7.92. The van der Waals surface area contributed by atoms with E-state index in [9.17, 15) is 14.4 Å². The number of aryl methyl sites for hydroxylation is 1. The summed E-state index contributed by atoms with van der Waals surface area (Å²) in [7, 11) is 3.93. The van der Waals surface area contributed by atoms with Gasteiger partial charge in [0.05, 0.1) is 12.6 Å². The van der Waals surface area contributed by atoms with Gasteiger partial charge in [-0.15, -0.1) is 0 Å². The number of piperidine rings is 1. The van der Waals surface area contributed by atoms with E-state index in [-0.39, 0.29) is 24.1 Å². The minimum Gasteiger partial charge on any atom is -0.378 e. The first-order valence-electron chi connectivity index (χ1n) is 14.9. The molecule has 10 heteroatoms. The Morgan fingerprint density at radius 3 is 2.45 bits per heavy atom. The Morgan fingerprint density at radius 2 is 1.71 bits per heavy atom. The fourth-order valence-corrected chi connectivity index (χ4v) is 5.90. The third-order valence-corrected chi connectivity index (χ3v) is 8.16. The Bertz CT molecular complexity index is 1390. The third-order valence-electron chi connectivity index (χ3n) is 8.16. The summed E-state index contributed by atoms with van der Waals surface area (Å²) >= 11 is 0. The number of amides is 3. The molecule has 1 aromatic heterocycles. The first kappa shape index (κ1) is 29.3. The molecule has 1 N–H and O–H groups in total. The number of hydrogen-bond donors (Lipinski definition) is 1. The smallest absolute Gasteiger partial charge is 0.253 e. The van der Waals surface area contributed by atoms with E-state index in [0.717, 1.165) is 24.1 Å². The highest BCUT2D eigenvalue weighted by molar-refractivity contribution is 5.94. The Balaban J connectivity index is 1.48. The first-order valence-corrected chi connectivity index (χ1v) is 14.9. The summed E-state index contributed by atoms with van der Waals surface area (Å²) in [6.07, 6.45) is 3.75. The van der Waals surface area contributed by atoms with Crippen molar-refractivity contribution in [3.63, 3.8) is 0 Å². The normalized spacial score (nSPS) is 20.3. The molecule has 0 spiro atoms. The van der Waals surface area contributed by atoms with Crippen molar-refractivity contribution in [1.29, 1.82) is 0 Å². The zero-order valence-corrected chi connectivity index (χ0v) is 24.8. The average molecular weight is 572 g/mol. The molecule has 2 atom stereocenters. The number of carbonyl (C=O) groups excluding carboxylic acids is 3. The maximum Gasteiger partial charge on any atom is 0.253 e. The second-order valence-corrected chi connectivity index (χ2v) is 11.4. The van der Waals surface area contributed by atoms with Crippen molar-refractivity contribution in [2.75, 3.05) is 38.6 Å². The van der Waals surface area contributed by atoms with Crippen LogP contribution in [0.1, 0.15) is 65.7 Å². The molecule has 2 aliphatic heterocycles. The van der Waals surface area contributed by atoms with E-state index in [1.807, 2.05) is 90.1 Å². The van der Waals surface area contributed by atoms with Gasteiger partial charge in [0.25, 0.3) is 5.91 Å². The molecule has 2 aromatic carbocycles. The van der Waals surface area contributed by atoms with Crippen molar-refractivity contribution < 1.29 is 14.4 Å². The van der Waals surface area contributed by atoms with E-state index in [2.05, 4.69) is 10.4 Å². The molecule has 1 fully saturated rings. The lowest BCUT2D eigenvalue weighted by atomic mass is 9.99. The largest absolute Gasteiger partial charge is 0.378 e. The summed E-state index contributed by atoms with van der Waals surface area (Å²) < 4.78 is 1.83. The molecule has 3 heterocycles. The zero-order valence-electron chi connectivity index (χ0n) is 24.8. The number of nitrogens with one attached hydrogen (secondary N) is 1. The number of anilines is 1. The van der Waals surface area contributed by atoms with Gasteiger partial charge in [0.15, 0.2) is 0 Å². The fourth-order valence-electron chi connectivity index (χ4n) is 5.90. The van der Waals surface area contributed by atoms with Crippen LogP contribution in [0.15, 0.2) is 54.6 Å². The van der Waals surface area contributed by atoms with Crippen molar-refractivity contribution in [1.82, 2.24) is 29.9 Å². The molecule has 1 saturated heterocycles. The highest BCUT2D eigenvalue weighted by Gasteiger charge is 2.34. The number of aromatic nitrogens is 3. The van der Waals surface area contributed by atoms with E-state index < -0.39 is 12.1 Å². The lowest BCUT2D eigenvalue weighted by Gasteiger charge is -2.36. The Kier molecular flexibility index (Phi) is 9.19. The van der Waals surface area contributed by atoms with Gasteiger partial charge in [-0.05, 0) is 68.9 Å². The molecular weight excluding hydrogens is 530 g/mol. The van der Waals surface area contributed by atoms with Gasteiger partial charge in [-0.25, -0.2) is 9.67 Å². The molecule has 5 rings (SSSR count). The number of rotatable bonds is 4. The maximum absolute atomic E-state index is 13.7. The van der Waals surface area contributed by atoms with Crippen molar-refractivity contribution in [3.8, 4) is 0 Å². The second kappa shape index (κ2) is 13.2. The second-order valence-electron chi connectivity index (χ2n) is 11.4. The summed E-state index contributed by atoms with van der Waals surface area (Å²) in [6, 6.07) is 16.6. The van der Waals surface area contributed by atoms with Crippen LogP contribution in [0.4, 0.5) is 5.69 Å². The summed E-state index contributed by atoms with van der Waals surface area (Å²) in [5.41, 5.74) is 2.68. The summed E-state index contributed by atoms with van der Waals surface area (Å²) in [6.45, 7) is 3.66. The molecule has 42 heavy (non-hydrogen) atoms. The molecule has 0 bridgehead atoms. The van der Waals surface area contributed by atoms with Crippen LogP contribution >= 0.6 is 0 Å². The molecule has 0 aliphatic carbocycles. The Hall–Kier alpha value is -4.21. The fraction of sp³-hybridized carbons (Fsp3) is 0.469. The van der Waals surface area contributed by atoms with E-state index in [1.165, 1.54) is 0 Å². The van der Waals surface area contributed by atoms with Gasteiger partial charge in [0.1, 0.15) is 17.7 Å². The summed E-state index contributed by atoms with van der Waals surface area (Å²) in [5.74, 6) is 0.995. The van der Waals surface area contributed by atoms with Gasteiger partial charge in [-0.1, -0.05) is 30.3 Å². The average Bonchev–Trinajstić information content (AvgIpc) is 3.38. The predicted molar refractivity (Wildman–Crippen MR) is 161 cm³/mol. The maximum atomic E-state index is 13.7. The number of fused-ring (bicyclic) bond motifs is 2. The minimum absolute atomic E-state index is 0.0340. The van der Waals surface area contributed by atoms with Crippen molar-refractivity contribution in [3.05, 3.63) is 77.4 Å². The predicted octanol–water partition coefficient (Wildman–Crippen LogP) is 3.37. The lowest BCUT2D eigenvalue weighted by Crippen LogP contribution is -2.53. The van der Waals surface area contributed by atoms with E-state index in [0.29, 0.717) is 62.7 Å². The quantitative estimate of drug-likeness (QED) is 0.515. The van der Waals surface area contributed by atoms with Crippen LogP contribution in [-0.4, -0.2) is 82.1 Å². The van der Waals surface area contributed by atoms with Crippen LogP contribution in [0.25, 0.3) is 0 Å². The molecule has 3 aromatic rings. The van der Waals surface area contributed by atoms with Crippen LogP contribution < -0.4 is 10.2 Å². The molecule has 0 unspecified atom stereocenters. The van der Waals surface area contributed by atoms with Crippen LogP contribution in [0.2, 0.25) is 0 Å². The molecule has 3 amide bonds. The van der Waals surface area contributed by atoms with Crippen molar-refractivity contribution in [2.45, 2.75) is 64.1 Å². The number of nitrogens with zero attached hydrogens (tertiary/aromatic N) is 6. The molecule has 2 aliphatic rings. The van der Waals surface area contributed by atoms with Crippen molar-refractivity contribution in [2.24, 2.45) is 0 Å². The zero-order chi connectivity index (χ0) is 29.6. The lowest BCUT2D eigenvalue weighted by molar-refractivity contribution is -0.142. The van der Waals surface area contributed by atoms with Gasteiger partial charge in [0, 0.05) is 51.4 Å². The standard InChI is InChI=1S/C32H41N7O3/c1-23-33-30-27(22-24-10-5-4-6-11-24)34-31(41)28-12-7-8-19-38(28)29(40)13-9-18-37(20-21-39(30)35-23)32(42)25-14-16-26(17-15-25)36(2)3/h4-6,10-11,14-17,27-28H,7-9,12-13,18-22H2,1-3H3,(H,34,41)/t27-,28+/m1/s1. The molecule has 10 nitrogen and oxygen atoms in total. The van der Waals surface area contributed by atoms with Crippen LogP contribution in [0.3, 0.4) is 0 Å². The molecule has 222 valence electrons.